The van der Waals surface area contributed by atoms with Crippen LogP contribution in [-0.4, -0.2) is 56.5 Å². The van der Waals surface area contributed by atoms with Gasteiger partial charge in [0.1, 0.15) is 11.5 Å². The van der Waals surface area contributed by atoms with E-state index in [0.29, 0.717) is 29.6 Å². The number of nitrogens with zero attached hydrogens (tertiary/aromatic N) is 4. The largest absolute Gasteiger partial charge is 0.363 e. The van der Waals surface area contributed by atoms with Crippen LogP contribution in [0.3, 0.4) is 0 Å². The molecule has 3 aromatic heterocycles. The number of anilines is 1. The summed E-state index contributed by atoms with van der Waals surface area (Å²) in [6, 6.07) is 0.640. The highest BCUT2D eigenvalue weighted by atomic mass is 32.2. The van der Waals surface area contributed by atoms with E-state index in [1.807, 2.05) is 48.5 Å². The summed E-state index contributed by atoms with van der Waals surface area (Å²) in [5.41, 5.74) is -0.241. The third-order valence-electron chi connectivity index (χ3n) is 5.73. The molecule has 11 heteroatoms. The van der Waals surface area contributed by atoms with E-state index in [4.69, 9.17) is 0 Å². The second-order valence-corrected chi connectivity index (χ2v) is 12.7. The van der Waals surface area contributed by atoms with Gasteiger partial charge < -0.3 is 10.3 Å². The molecule has 192 valence electrons. The van der Waals surface area contributed by atoms with E-state index in [0.717, 1.165) is 12.4 Å². The molecule has 0 bridgehead atoms. The van der Waals surface area contributed by atoms with E-state index in [-0.39, 0.29) is 17.4 Å². The van der Waals surface area contributed by atoms with Gasteiger partial charge in [-0.25, -0.2) is 32.2 Å². The second kappa shape index (κ2) is 9.77. The molecule has 0 amide bonds. The first-order valence-corrected chi connectivity index (χ1v) is 13.2. The van der Waals surface area contributed by atoms with Crippen molar-refractivity contribution in [2.75, 3.05) is 17.6 Å². The Morgan fingerprint density at radius 1 is 1.11 bits per heavy atom. The van der Waals surface area contributed by atoms with Crippen molar-refractivity contribution in [2.45, 2.75) is 66.5 Å². The Hall–Kier alpha value is -2.66. The fourth-order valence-corrected chi connectivity index (χ4v) is 6.31. The Bertz CT molecular complexity index is 1300. The summed E-state index contributed by atoms with van der Waals surface area (Å²) in [4.78, 5) is 15.3. The van der Waals surface area contributed by atoms with Gasteiger partial charge in [-0.3, -0.25) is 0 Å². The molecule has 35 heavy (non-hydrogen) atoms. The van der Waals surface area contributed by atoms with Gasteiger partial charge in [-0.15, -0.1) is 0 Å². The molecule has 0 fully saturated rings. The molecule has 0 radical (unpaired) electrons. The number of nitrogens with one attached hydrogen (secondary N) is 2. The van der Waals surface area contributed by atoms with Crippen LogP contribution in [-0.2, 0) is 10.0 Å². The molecule has 1 atom stereocenters. The number of hydrogen-bond acceptors (Lipinski definition) is 6. The maximum absolute atomic E-state index is 14.8. The minimum absolute atomic E-state index is 0.123. The van der Waals surface area contributed by atoms with Gasteiger partial charge in [-0.1, -0.05) is 27.7 Å². The van der Waals surface area contributed by atoms with Gasteiger partial charge in [0.25, 0.3) is 0 Å². The minimum atomic E-state index is -3.69. The van der Waals surface area contributed by atoms with Crippen molar-refractivity contribution < 1.29 is 17.2 Å². The summed E-state index contributed by atoms with van der Waals surface area (Å²) in [5, 5.41) is 3.48. The van der Waals surface area contributed by atoms with Crippen molar-refractivity contribution in [3.63, 3.8) is 0 Å². The third kappa shape index (κ3) is 6.13. The number of rotatable bonds is 8. The van der Waals surface area contributed by atoms with Crippen LogP contribution in [0.4, 0.5) is 14.6 Å². The molecule has 0 aliphatic carbocycles. The zero-order valence-corrected chi connectivity index (χ0v) is 22.1. The zero-order chi connectivity index (χ0) is 26.2. The number of aromatic amines is 1. The highest BCUT2D eigenvalue weighted by molar-refractivity contribution is 7.89. The maximum Gasteiger partial charge on any atom is 0.216 e. The van der Waals surface area contributed by atoms with Crippen LogP contribution in [0, 0.1) is 17.0 Å². The first-order chi connectivity index (χ1) is 16.1. The Morgan fingerprint density at radius 2 is 1.80 bits per heavy atom. The smallest absolute Gasteiger partial charge is 0.216 e. The zero-order valence-electron chi connectivity index (χ0n) is 21.3. The fraction of sp³-hybridized carbons (Fsp3) is 0.542. The first kappa shape index (κ1) is 26.9. The molecule has 0 aliphatic rings. The fourth-order valence-electron chi connectivity index (χ4n) is 3.83. The van der Waals surface area contributed by atoms with Crippen molar-refractivity contribution in [1.82, 2.24) is 24.2 Å². The van der Waals surface area contributed by atoms with Gasteiger partial charge in [0.05, 0.1) is 18.1 Å². The van der Waals surface area contributed by atoms with Gasteiger partial charge in [-0.05, 0) is 38.7 Å². The summed E-state index contributed by atoms with van der Waals surface area (Å²) in [7, 11) is -3.69. The number of sulfonamides is 1. The molecule has 3 rings (SSSR count). The molecule has 3 aromatic rings. The maximum atomic E-state index is 14.8. The number of hydrogen-bond donors (Lipinski definition) is 2. The van der Waals surface area contributed by atoms with Crippen LogP contribution in [0.1, 0.15) is 54.9 Å². The molecule has 0 aromatic carbocycles. The predicted octanol–water partition coefficient (Wildman–Crippen LogP) is 4.97. The Kier molecular flexibility index (Phi) is 7.52. The van der Waals surface area contributed by atoms with Crippen LogP contribution in [0.25, 0.3) is 22.4 Å². The van der Waals surface area contributed by atoms with Crippen molar-refractivity contribution in [3.05, 3.63) is 36.3 Å². The molecule has 0 saturated heterocycles. The Morgan fingerprint density at radius 3 is 2.40 bits per heavy atom. The lowest BCUT2D eigenvalue weighted by Crippen LogP contribution is -2.51. The predicted molar refractivity (Wildman–Crippen MR) is 134 cm³/mol. The SMILES string of the molecule is CCCN(C(C)(C)C)S(=O)(=O)C[C@@H](Nc1nc(-c2c[nH]c3ncc(F)cc23)ncc1F)C(C)(C)C. The van der Waals surface area contributed by atoms with E-state index in [1.54, 1.807) is 6.20 Å². The summed E-state index contributed by atoms with van der Waals surface area (Å²) in [6.45, 7) is 13.5. The average molecular weight is 509 g/mol. The van der Waals surface area contributed by atoms with E-state index < -0.39 is 38.7 Å². The average Bonchev–Trinajstić information content (AvgIpc) is 3.14. The topological polar surface area (TPSA) is 104 Å². The molecule has 0 spiro atoms. The van der Waals surface area contributed by atoms with Crippen LogP contribution in [0.5, 0.6) is 0 Å². The highest BCUT2D eigenvalue weighted by Crippen LogP contribution is 2.30. The second-order valence-electron chi connectivity index (χ2n) is 10.7. The molecule has 0 unspecified atom stereocenters. The summed E-state index contributed by atoms with van der Waals surface area (Å²) in [6.07, 6.45) is 4.36. The van der Waals surface area contributed by atoms with Gasteiger partial charge >= 0.3 is 0 Å². The quantitative estimate of drug-likeness (QED) is 0.446. The van der Waals surface area contributed by atoms with E-state index in [9.17, 15) is 17.2 Å². The summed E-state index contributed by atoms with van der Waals surface area (Å²) < 4.78 is 57.0. The molecule has 8 nitrogen and oxygen atoms in total. The summed E-state index contributed by atoms with van der Waals surface area (Å²) >= 11 is 0. The van der Waals surface area contributed by atoms with Crippen LogP contribution < -0.4 is 5.32 Å². The molecule has 3 heterocycles. The van der Waals surface area contributed by atoms with E-state index in [2.05, 4.69) is 25.3 Å². The molecule has 0 saturated carbocycles. The van der Waals surface area contributed by atoms with Crippen molar-refractivity contribution in [1.29, 1.82) is 0 Å². The van der Waals surface area contributed by atoms with Crippen LogP contribution in [0.15, 0.2) is 24.7 Å². The lowest BCUT2D eigenvalue weighted by Gasteiger charge is -2.38. The minimum Gasteiger partial charge on any atom is -0.363 e. The number of H-pyrrole nitrogens is 1. The van der Waals surface area contributed by atoms with Gasteiger partial charge in [0.15, 0.2) is 17.5 Å². The lowest BCUT2D eigenvalue weighted by molar-refractivity contribution is 0.246. The van der Waals surface area contributed by atoms with Gasteiger partial charge in [-0.2, -0.15) is 4.31 Å². The van der Waals surface area contributed by atoms with Gasteiger partial charge in [0, 0.05) is 35.3 Å². The first-order valence-electron chi connectivity index (χ1n) is 11.6. The summed E-state index contributed by atoms with van der Waals surface area (Å²) in [5.74, 6) is -1.44. The monoisotopic (exact) mass is 508 g/mol. The van der Waals surface area contributed by atoms with Crippen molar-refractivity contribution in [2.24, 2.45) is 5.41 Å². The molecular formula is C24H34F2N6O2S. The van der Waals surface area contributed by atoms with E-state index >= 15 is 0 Å². The van der Waals surface area contributed by atoms with Gasteiger partial charge in [0.2, 0.25) is 10.0 Å². The highest BCUT2D eigenvalue weighted by Gasteiger charge is 2.37. The number of fused-ring (bicyclic) bond motifs is 1. The number of pyridine rings is 1. The number of aromatic nitrogens is 4. The Balaban J connectivity index is 1.98. The molecular weight excluding hydrogens is 474 g/mol. The van der Waals surface area contributed by atoms with Crippen molar-refractivity contribution >= 4 is 26.9 Å². The number of halogens is 2. The van der Waals surface area contributed by atoms with Crippen LogP contribution in [0.2, 0.25) is 0 Å². The molecule has 2 N–H and O–H groups in total. The third-order valence-corrected chi connectivity index (χ3v) is 7.88. The standard InChI is InChI=1S/C24H34F2N6O2S/c1-8-9-32(24(5,6)7)35(33,34)14-19(23(2,3)4)30-22-18(26)13-29-21(31-22)17-12-28-20-16(17)10-15(25)11-27-20/h10-13,19H,8-9,14H2,1-7H3,(H,27,28)(H,29,30,31)/t19-/m1/s1. The Labute approximate surface area is 205 Å². The molecule has 0 aliphatic heterocycles. The lowest BCUT2D eigenvalue weighted by atomic mass is 9.88. The normalized spacial score (nSPS) is 14.0. The van der Waals surface area contributed by atoms with E-state index in [1.165, 1.54) is 10.4 Å². The van der Waals surface area contributed by atoms with Crippen LogP contribution >= 0.6 is 0 Å². The van der Waals surface area contributed by atoms with Crippen molar-refractivity contribution in [3.8, 4) is 11.4 Å².